The Labute approximate surface area is 129 Å². The van der Waals surface area contributed by atoms with E-state index in [0.717, 1.165) is 12.8 Å². The maximum atomic E-state index is 12.1. The molecule has 1 amide bonds. The summed E-state index contributed by atoms with van der Waals surface area (Å²) in [7, 11) is 0. The smallest absolute Gasteiger partial charge is 0.410 e. The number of nitrogens with zero attached hydrogens (tertiary/aromatic N) is 3. The zero-order valence-electron chi connectivity index (χ0n) is 12.5. The topological polar surface area (TPSA) is 64.5 Å². The van der Waals surface area contributed by atoms with Crippen LogP contribution >= 0.6 is 11.6 Å². The molecule has 0 aromatic carbocycles. The number of carbonyl (C=O) groups excluding carboxylic acids is 1. The molecule has 1 aliphatic rings. The summed E-state index contributed by atoms with van der Waals surface area (Å²) in [6.45, 7) is 6.73. The lowest BCUT2D eigenvalue weighted by molar-refractivity contribution is 0.00712. The molecule has 2 heterocycles. The van der Waals surface area contributed by atoms with Crippen molar-refractivity contribution in [2.24, 2.45) is 0 Å². The molecule has 1 aromatic rings. The van der Waals surface area contributed by atoms with Gasteiger partial charge >= 0.3 is 6.09 Å². The first-order chi connectivity index (χ1) is 9.83. The van der Waals surface area contributed by atoms with Crippen molar-refractivity contribution in [3.8, 4) is 5.88 Å². The third-order valence-corrected chi connectivity index (χ3v) is 3.13. The van der Waals surface area contributed by atoms with Gasteiger partial charge in [-0.15, -0.1) is 10.2 Å². The number of rotatable bonds is 2. The highest BCUT2D eigenvalue weighted by atomic mass is 35.5. The van der Waals surface area contributed by atoms with Gasteiger partial charge in [0.05, 0.1) is 6.54 Å². The second-order valence-corrected chi connectivity index (χ2v) is 6.39. The molecule has 0 N–H and O–H groups in total. The Morgan fingerprint density at radius 1 is 1.38 bits per heavy atom. The molecule has 6 nitrogen and oxygen atoms in total. The maximum Gasteiger partial charge on any atom is 0.410 e. The van der Waals surface area contributed by atoms with Crippen LogP contribution in [-0.4, -0.2) is 46.0 Å². The molecule has 0 bridgehead atoms. The molecule has 0 radical (unpaired) electrons. The van der Waals surface area contributed by atoms with Crippen LogP contribution in [0.5, 0.6) is 5.88 Å². The van der Waals surface area contributed by atoms with Crippen LogP contribution in [-0.2, 0) is 4.74 Å². The van der Waals surface area contributed by atoms with Crippen LogP contribution in [0.3, 0.4) is 0 Å². The van der Waals surface area contributed by atoms with Crippen molar-refractivity contribution in [3.05, 3.63) is 17.3 Å². The molecule has 1 fully saturated rings. The zero-order chi connectivity index (χ0) is 15.5. The number of carbonyl (C=O) groups is 1. The molecule has 21 heavy (non-hydrogen) atoms. The molecule has 1 aliphatic heterocycles. The number of hydrogen-bond acceptors (Lipinski definition) is 5. The second kappa shape index (κ2) is 6.47. The molecule has 1 aromatic heterocycles. The van der Waals surface area contributed by atoms with Gasteiger partial charge in [-0.3, -0.25) is 0 Å². The average molecular weight is 314 g/mol. The third-order valence-electron chi connectivity index (χ3n) is 2.92. The predicted octanol–water partition coefficient (Wildman–Crippen LogP) is 2.91. The quantitative estimate of drug-likeness (QED) is 0.840. The Balaban J connectivity index is 1.91. The maximum absolute atomic E-state index is 12.1. The standard InChI is InChI=1S/C14H20ClN3O3/c1-14(2,3)21-13(19)18-8-4-5-10(9-18)20-12-7-6-11(15)16-17-12/h6-7,10H,4-5,8-9H2,1-3H3/t10-/m1/s1. The largest absolute Gasteiger partial charge is 0.471 e. The fourth-order valence-electron chi connectivity index (χ4n) is 2.06. The Kier molecular flexibility index (Phi) is 4.88. The van der Waals surface area contributed by atoms with Crippen LogP contribution in [0.1, 0.15) is 33.6 Å². The van der Waals surface area contributed by atoms with E-state index in [2.05, 4.69) is 10.2 Å². The average Bonchev–Trinajstić information content (AvgIpc) is 2.40. The van der Waals surface area contributed by atoms with Crippen molar-refractivity contribution < 1.29 is 14.3 Å². The lowest BCUT2D eigenvalue weighted by atomic mass is 10.1. The predicted molar refractivity (Wildman–Crippen MR) is 78.5 cm³/mol. The lowest BCUT2D eigenvalue weighted by Gasteiger charge is -2.33. The molecule has 1 atom stereocenters. The molecule has 0 spiro atoms. The van der Waals surface area contributed by atoms with Crippen LogP contribution in [0.4, 0.5) is 4.79 Å². The Hall–Kier alpha value is -1.56. The number of ether oxygens (including phenoxy) is 2. The van der Waals surface area contributed by atoms with Crippen LogP contribution < -0.4 is 4.74 Å². The van der Waals surface area contributed by atoms with E-state index in [0.29, 0.717) is 24.1 Å². The summed E-state index contributed by atoms with van der Waals surface area (Å²) in [4.78, 5) is 13.7. The Bertz CT molecular complexity index is 487. The van der Waals surface area contributed by atoms with E-state index in [4.69, 9.17) is 21.1 Å². The summed E-state index contributed by atoms with van der Waals surface area (Å²) in [6, 6.07) is 3.29. The van der Waals surface area contributed by atoms with Crippen molar-refractivity contribution in [2.45, 2.75) is 45.3 Å². The molecular formula is C14H20ClN3O3. The van der Waals surface area contributed by atoms with Crippen molar-refractivity contribution in [1.82, 2.24) is 15.1 Å². The molecule has 2 rings (SSSR count). The van der Waals surface area contributed by atoms with Gasteiger partial charge in [-0.1, -0.05) is 11.6 Å². The highest BCUT2D eigenvalue weighted by Gasteiger charge is 2.28. The highest BCUT2D eigenvalue weighted by Crippen LogP contribution is 2.19. The zero-order valence-corrected chi connectivity index (χ0v) is 13.3. The first kappa shape index (κ1) is 15.8. The summed E-state index contributed by atoms with van der Waals surface area (Å²) >= 11 is 5.68. The second-order valence-electron chi connectivity index (χ2n) is 6.00. The van der Waals surface area contributed by atoms with E-state index < -0.39 is 5.60 Å². The van der Waals surface area contributed by atoms with E-state index >= 15 is 0 Å². The molecule has 0 unspecified atom stereocenters. The highest BCUT2D eigenvalue weighted by molar-refractivity contribution is 6.29. The van der Waals surface area contributed by atoms with E-state index in [1.54, 1.807) is 17.0 Å². The van der Waals surface area contributed by atoms with Gasteiger partial charge in [-0.05, 0) is 39.7 Å². The fourth-order valence-corrected chi connectivity index (χ4v) is 2.16. The van der Waals surface area contributed by atoms with Gasteiger partial charge < -0.3 is 14.4 Å². The minimum absolute atomic E-state index is 0.109. The van der Waals surface area contributed by atoms with Crippen molar-refractivity contribution >= 4 is 17.7 Å². The Morgan fingerprint density at radius 3 is 2.76 bits per heavy atom. The summed E-state index contributed by atoms with van der Waals surface area (Å²) in [5.74, 6) is 0.412. The molecule has 0 aliphatic carbocycles. The number of hydrogen-bond donors (Lipinski definition) is 0. The van der Waals surface area contributed by atoms with Crippen LogP contribution in [0, 0.1) is 0 Å². The van der Waals surface area contributed by atoms with Crippen molar-refractivity contribution in [3.63, 3.8) is 0 Å². The van der Waals surface area contributed by atoms with Crippen molar-refractivity contribution in [2.75, 3.05) is 13.1 Å². The fraction of sp³-hybridized carbons (Fsp3) is 0.643. The first-order valence-electron chi connectivity index (χ1n) is 6.97. The van der Waals surface area contributed by atoms with Crippen molar-refractivity contribution in [1.29, 1.82) is 0 Å². The number of aromatic nitrogens is 2. The molecule has 1 saturated heterocycles. The first-order valence-corrected chi connectivity index (χ1v) is 7.35. The number of amides is 1. The van der Waals surface area contributed by atoms with Gasteiger partial charge in [0.1, 0.15) is 11.7 Å². The van der Waals surface area contributed by atoms with Crippen LogP contribution in [0.15, 0.2) is 12.1 Å². The Morgan fingerprint density at radius 2 is 2.14 bits per heavy atom. The monoisotopic (exact) mass is 313 g/mol. The molecular weight excluding hydrogens is 294 g/mol. The van der Waals surface area contributed by atoms with E-state index in [9.17, 15) is 4.79 Å². The van der Waals surface area contributed by atoms with Gasteiger partial charge in [-0.2, -0.15) is 0 Å². The van der Waals surface area contributed by atoms with Gasteiger partial charge in [0.15, 0.2) is 5.15 Å². The van der Waals surface area contributed by atoms with Gasteiger partial charge in [0.25, 0.3) is 0 Å². The lowest BCUT2D eigenvalue weighted by Crippen LogP contribution is -2.46. The van der Waals surface area contributed by atoms with E-state index in [1.165, 1.54) is 0 Å². The molecule has 7 heteroatoms. The summed E-state index contributed by atoms with van der Waals surface area (Å²) in [6.07, 6.45) is 1.31. The normalized spacial score (nSPS) is 19.2. The number of piperidine rings is 1. The van der Waals surface area contributed by atoms with E-state index in [1.807, 2.05) is 20.8 Å². The summed E-state index contributed by atoms with van der Waals surface area (Å²) in [5, 5.41) is 7.92. The van der Waals surface area contributed by atoms with Gasteiger partial charge in [0.2, 0.25) is 5.88 Å². The SMILES string of the molecule is CC(C)(C)OC(=O)N1CCC[C@@H](Oc2ccc(Cl)nn2)C1. The number of halogens is 1. The third kappa shape index (κ3) is 5.04. The van der Waals surface area contributed by atoms with E-state index in [-0.39, 0.29) is 12.2 Å². The number of likely N-dealkylation sites (tertiary alicyclic amines) is 1. The van der Waals surface area contributed by atoms with Crippen LogP contribution in [0.2, 0.25) is 5.15 Å². The van der Waals surface area contributed by atoms with Crippen LogP contribution in [0.25, 0.3) is 0 Å². The molecule has 116 valence electrons. The minimum atomic E-state index is -0.494. The van der Waals surface area contributed by atoms with Gasteiger partial charge in [0, 0.05) is 12.6 Å². The van der Waals surface area contributed by atoms with Gasteiger partial charge in [-0.25, -0.2) is 4.79 Å². The minimum Gasteiger partial charge on any atom is -0.471 e. The summed E-state index contributed by atoms with van der Waals surface area (Å²) in [5.41, 5.74) is -0.494. The molecule has 0 saturated carbocycles. The summed E-state index contributed by atoms with van der Waals surface area (Å²) < 4.78 is 11.1.